The number of hydrogen-bond donors (Lipinski definition) is 0. The fourth-order valence-corrected chi connectivity index (χ4v) is 2.26. The van der Waals surface area contributed by atoms with Crippen LogP contribution < -0.4 is 0 Å². The monoisotopic (exact) mass is 283 g/mol. The van der Waals surface area contributed by atoms with Gasteiger partial charge in [0.1, 0.15) is 5.60 Å². The highest BCUT2D eigenvalue weighted by Gasteiger charge is 2.43. The maximum Gasteiger partial charge on any atom is 0.268 e. The van der Waals surface area contributed by atoms with Gasteiger partial charge >= 0.3 is 0 Å². The Morgan fingerprint density at radius 2 is 2.00 bits per heavy atom. The Labute approximate surface area is 120 Å². The molecule has 0 aromatic carbocycles. The maximum atomic E-state index is 11.0. The van der Waals surface area contributed by atoms with Crippen molar-refractivity contribution in [3.05, 3.63) is 34.0 Å². The van der Waals surface area contributed by atoms with Gasteiger partial charge < -0.3 is 9.47 Å². The van der Waals surface area contributed by atoms with E-state index in [1.807, 2.05) is 6.08 Å². The van der Waals surface area contributed by atoms with Crippen LogP contribution in [0.5, 0.6) is 0 Å². The quantitative estimate of drug-likeness (QED) is 0.408. The summed E-state index contributed by atoms with van der Waals surface area (Å²) in [6.07, 6.45) is 7.54. The molecule has 0 radical (unpaired) electrons. The summed E-state index contributed by atoms with van der Waals surface area (Å²) < 4.78 is 11.1. The lowest BCUT2D eigenvalue weighted by molar-refractivity contribution is -0.420. The van der Waals surface area contributed by atoms with Gasteiger partial charge in [-0.2, -0.15) is 0 Å². The molecule has 0 spiro atoms. The summed E-state index contributed by atoms with van der Waals surface area (Å²) in [6, 6.07) is 0. The number of rotatable bonds is 7. The number of allylic oxidation sites excluding steroid dienone is 1. The minimum Gasteiger partial charge on any atom is -0.385 e. The minimum atomic E-state index is -0.614. The molecule has 0 aromatic rings. The molecule has 0 heterocycles. The van der Waals surface area contributed by atoms with E-state index in [4.69, 9.17) is 9.47 Å². The molecular formula is C15H25NO4. The van der Waals surface area contributed by atoms with Crippen LogP contribution in [0, 0.1) is 15.5 Å². The molecule has 1 aliphatic rings. The smallest absolute Gasteiger partial charge is 0.268 e. The fraction of sp³-hybridized carbons (Fsp3) is 0.733. The van der Waals surface area contributed by atoms with E-state index in [0.29, 0.717) is 19.6 Å². The van der Waals surface area contributed by atoms with E-state index in [1.165, 1.54) is 0 Å². The van der Waals surface area contributed by atoms with Crippen LogP contribution in [0.4, 0.5) is 0 Å². The third-order valence-electron chi connectivity index (χ3n) is 3.67. The maximum absolute atomic E-state index is 11.0. The van der Waals surface area contributed by atoms with Crippen molar-refractivity contribution in [2.75, 3.05) is 20.3 Å². The van der Waals surface area contributed by atoms with Crippen LogP contribution in [-0.2, 0) is 9.47 Å². The molecule has 0 saturated heterocycles. The molecule has 1 aliphatic carbocycles. The minimum absolute atomic E-state index is 0.114. The highest BCUT2D eigenvalue weighted by atomic mass is 16.6. The molecule has 5 nitrogen and oxygen atoms in total. The van der Waals surface area contributed by atoms with Crippen molar-refractivity contribution in [3.63, 3.8) is 0 Å². The first-order chi connectivity index (χ1) is 9.32. The van der Waals surface area contributed by atoms with Crippen molar-refractivity contribution in [2.24, 2.45) is 5.41 Å². The molecule has 0 bridgehead atoms. The van der Waals surface area contributed by atoms with Gasteiger partial charge in [0.25, 0.3) is 5.70 Å². The number of ether oxygens (including phenoxy) is 2. The van der Waals surface area contributed by atoms with Crippen LogP contribution in [-0.4, -0.2) is 30.8 Å². The Balaban J connectivity index is 2.79. The van der Waals surface area contributed by atoms with Crippen LogP contribution in [0.2, 0.25) is 0 Å². The van der Waals surface area contributed by atoms with Gasteiger partial charge in [-0.25, -0.2) is 0 Å². The van der Waals surface area contributed by atoms with Gasteiger partial charge in [-0.05, 0) is 24.7 Å². The average Bonchev–Trinajstić information content (AvgIpc) is 2.37. The van der Waals surface area contributed by atoms with Gasteiger partial charge in [0, 0.05) is 32.5 Å². The van der Waals surface area contributed by atoms with Crippen molar-refractivity contribution >= 4 is 0 Å². The van der Waals surface area contributed by atoms with Crippen molar-refractivity contribution in [1.82, 2.24) is 0 Å². The van der Waals surface area contributed by atoms with Crippen molar-refractivity contribution < 1.29 is 14.4 Å². The van der Waals surface area contributed by atoms with E-state index in [0.717, 1.165) is 12.8 Å². The second-order valence-corrected chi connectivity index (χ2v) is 6.12. The SMILES string of the molecule is COCCCCOC1(C(C)(C)C)C=C([N+](=O)[O-])C=CC1. The number of methoxy groups -OCH3 is 1. The van der Waals surface area contributed by atoms with Gasteiger partial charge in [0.2, 0.25) is 0 Å². The zero-order valence-electron chi connectivity index (χ0n) is 12.8. The van der Waals surface area contributed by atoms with E-state index in [1.54, 1.807) is 19.3 Å². The summed E-state index contributed by atoms with van der Waals surface area (Å²) in [5, 5.41) is 11.0. The normalized spacial score (nSPS) is 22.7. The molecule has 0 fully saturated rings. The van der Waals surface area contributed by atoms with Crippen molar-refractivity contribution in [2.45, 2.75) is 45.6 Å². The van der Waals surface area contributed by atoms with Crippen LogP contribution in [0.3, 0.4) is 0 Å². The summed E-state index contributed by atoms with van der Waals surface area (Å²) in [5.41, 5.74) is -0.708. The predicted molar refractivity (Wildman–Crippen MR) is 78.1 cm³/mol. The van der Waals surface area contributed by atoms with E-state index in [-0.39, 0.29) is 16.0 Å². The molecule has 0 saturated carbocycles. The van der Waals surface area contributed by atoms with Crippen LogP contribution in [0.15, 0.2) is 23.9 Å². The zero-order valence-corrected chi connectivity index (χ0v) is 12.8. The fourth-order valence-electron chi connectivity index (χ4n) is 2.26. The van der Waals surface area contributed by atoms with Gasteiger partial charge in [0.15, 0.2) is 0 Å². The summed E-state index contributed by atoms with van der Waals surface area (Å²) in [7, 11) is 1.68. The van der Waals surface area contributed by atoms with Gasteiger partial charge in [-0.15, -0.1) is 0 Å². The average molecular weight is 283 g/mol. The summed E-state index contributed by atoms with van der Waals surface area (Å²) in [6.45, 7) is 7.44. The third-order valence-corrected chi connectivity index (χ3v) is 3.67. The number of hydrogen-bond acceptors (Lipinski definition) is 4. The molecule has 20 heavy (non-hydrogen) atoms. The largest absolute Gasteiger partial charge is 0.385 e. The standard InChI is InChI=1S/C15H25NO4/c1-14(2,3)15(20-11-6-5-10-19-4)9-7-8-13(12-15)16(17)18/h7-8,12H,5-6,9-11H2,1-4H3. The van der Waals surface area contributed by atoms with E-state index < -0.39 is 5.60 Å². The Morgan fingerprint density at radius 3 is 2.55 bits per heavy atom. The van der Waals surface area contributed by atoms with Crippen LogP contribution in [0.1, 0.15) is 40.0 Å². The third kappa shape index (κ3) is 4.15. The highest BCUT2D eigenvalue weighted by molar-refractivity contribution is 5.26. The predicted octanol–water partition coefficient (Wildman–Crippen LogP) is 3.34. The second-order valence-electron chi connectivity index (χ2n) is 6.12. The lowest BCUT2D eigenvalue weighted by Gasteiger charge is -2.42. The molecule has 5 heteroatoms. The zero-order chi connectivity index (χ0) is 15.2. The van der Waals surface area contributed by atoms with E-state index in [2.05, 4.69) is 20.8 Å². The topological polar surface area (TPSA) is 61.6 Å². The molecule has 0 amide bonds. The lowest BCUT2D eigenvalue weighted by atomic mass is 9.72. The first kappa shape index (κ1) is 16.9. The molecule has 1 unspecified atom stereocenters. The Hall–Kier alpha value is -1.20. The summed E-state index contributed by atoms with van der Waals surface area (Å²) in [4.78, 5) is 10.6. The van der Waals surface area contributed by atoms with Crippen LogP contribution >= 0.6 is 0 Å². The molecular weight excluding hydrogens is 258 g/mol. The first-order valence-electron chi connectivity index (χ1n) is 6.99. The molecule has 114 valence electrons. The summed E-state index contributed by atoms with van der Waals surface area (Å²) in [5.74, 6) is 0. The lowest BCUT2D eigenvalue weighted by Crippen LogP contribution is -2.45. The van der Waals surface area contributed by atoms with Crippen molar-refractivity contribution in [3.8, 4) is 0 Å². The van der Waals surface area contributed by atoms with Gasteiger partial charge in [-0.1, -0.05) is 26.8 Å². The van der Waals surface area contributed by atoms with E-state index in [9.17, 15) is 10.1 Å². The Morgan fingerprint density at radius 1 is 1.35 bits per heavy atom. The second kappa shape index (κ2) is 6.99. The first-order valence-corrected chi connectivity index (χ1v) is 6.99. The van der Waals surface area contributed by atoms with Gasteiger partial charge in [0.05, 0.1) is 4.92 Å². The summed E-state index contributed by atoms with van der Waals surface area (Å²) >= 11 is 0. The number of nitro groups is 1. The molecule has 1 rings (SSSR count). The molecule has 1 atom stereocenters. The number of unbranched alkanes of at least 4 members (excludes halogenated alkanes) is 1. The number of nitrogens with zero attached hydrogens (tertiary/aromatic N) is 1. The van der Waals surface area contributed by atoms with Gasteiger partial charge in [-0.3, -0.25) is 10.1 Å². The van der Waals surface area contributed by atoms with Crippen LogP contribution in [0.25, 0.3) is 0 Å². The molecule has 0 aromatic heterocycles. The highest BCUT2D eigenvalue weighted by Crippen LogP contribution is 2.41. The Kier molecular flexibility index (Phi) is 5.89. The van der Waals surface area contributed by atoms with Crippen molar-refractivity contribution in [1.29, 1.82) is 0 Å². The molecule has 0 N–H and O–H groups in total. The molecule has 0 aliphatic heterocycles. The Bertz CT molecular complexity index is 395. The van der Waals surface area contributed by atoms with E-state index >= 15 is 0 Å².